The molecule has 17 heavy (non-hydrogen) atoms. The van der Waals surface area contributed by atoms with E-state index >= 15 is 0 Å². The monoisotopic (exact) mass is 241 g/mol. The summed E-state index contributed by atoms with van der Waals surface area (Å²) in [5.41, 5.74) is 0. The number of amides is 1. The zero-order valence-electron chi connectivity index (χ0n) is 9.88. The molecular formula is C12H19NO4. The lowest BCUT2D eigenvalue weighted by Crippen LogP contribution is -2.53. The van der Waals surface area contributed by atoms with Crippen molar-refractivity contribution >= 4 is 5.91 Å². The van der Waals surface area contributed by atoms with Gasteiger partial charge in [-0.15, -0.1) is 0 Å². The first-order valence-electron chi connectivity index (χ1n) is 6.45. The molecule has 0 aromatic carbocycles. The molecule has 1 N–H and O–H groups in total. The maximum Gasteiger partial charge on any atom is 0.254 e. The van der Waals surface area contributed by atoms with Gasteiger partial charge in [0, 0.05) is 12.1 Å². The van der Waals surface area contributed by atoms with E-state index in [1.54, 1.807) is 0 Å². The molecule has 1 amide bonds. The summed E-state index contributed by atoms with van der Waals surface area (Å²) in [6.07, 6.45) is 2.80. The first kappa shape index (κ1) is 11.4. The van der Waals surface area contributed by atoms with Crippen molar-refractivity contribution in [2.45, 2.75) is 50.0 Å². The number of fused-ring (bicyclic) bond motifs is 2. The van der Waals surface area contributed by atoms with Gasteiger partial charge >= 0.3 is 0 Å². The van der Waals surface area contributed by atoms with Crippen LogP contribution in [0, 0.1) is 0 Å². The number of aliphatic hydroxyl groups excluding tert-OH is 1. The van der Waals surface area contributed by atoms with Gasteiger partial charge in [-0.1, -0.05) is 0 Å². The van der Waals surface area contributed by atoms with Crippen LogP contribution in [0.2, 0.25) is 0 Å². The number of ether oxygens (including phenoxy) is 2. The molecule has 96 valence electrons. The van der Waals surface area contributed by atoms with E-state index in [1.165, 1.54) is 0 Å². The first-order valence-corrected chi connectivity index (χ1v) is 6.45. The van der Waals surface area contributed by atoms with Crippen molar-refractivity contribution in [2.24, 2.45) is 0 Å². The largest absolute Gasteiger partial charge is 0.393 e. The third kappa shape index (κ3) is 2.07. The van der Waals surface area contributed by atoms with Gasteiger partial charge in [0.25, 0.3) is 5.91 Å². The van der Waals surface area contributed by atoms with Crippen molar-refractivity contribution in [3.8, 4) is 0 Å². The molecule has 0 radical (unpaired) electrons. The molecule has 0 spiro atoms. The quantitative estimate of drug-likeness (QED) is 0.697. The summed E-state index contributed by atoms with van der Waals surface area (Å²) in [4.78, 5) is 14.3. The summed E-state index contributed by atoms with van der Waals surface area (Å²) >= 11 is 0. The minimum absolute atomic E-state index is 0.0594. The molecule has 3 unspecified atom stereocenters. The lowest BCUT2D eigenvalue weighted by atomic mass is 9.99. The van der Waals surface area contributed by atoms with Crippen LogP contribution in [0.25, 0.3) is 0 Å². The molecule has 3 heterocycles. The van der Waals surface area contributed by atoms with Crippen LogP contribution in [0.4, 0.5) is 0 Å². The van der Waals surface area contributed by atoms with Gasteiger partial charge in [-0.3, -0.25) is 4.79 Å². The van der Waals surface area contributed by atoms with E-state index in [1.807, 2.05) is 4.90 Å². The number of rotatable bonds is 1. The summed E-state index contributed by atoms with van der Waals surface area (Å²) < 4.78 is 10.7. The Morgan fingerprint density at radius 2 is 1.88 bits per heavy atom. The zero-order valence-corrected chi connectivity index (χ0v) is 9.88. The molecule has 2 bridgehead atoms. The second kappa shape index (κ2) is 4.55. The first-order chi connectivity index (χ1) is 8.25. The molecule has 3 rings (SSSR count). The molecule has 3 fully saturated rings. The van der Waals surface area contributed by atoms with Crippen LogP contribution >= 0.6 is 0 Å². The van der Waals surface area contributed by atoms with Crippen molar-refractivity contribution in [3.05, 3.63) is 0 Å². The lowest BCUT2D eigenvalue weighted by Gasteiger charge is -2.39. The second-order valence-electron chi connectivity index (χ2n) is 5.19. The third-order valence-electron chi connectivity index (χ3n) is 4.05. The van der Waals surface area contributed by atoms with E-state index in [2.05, 4.69) is 0 Å². The van der Waals surface area contributed by atoms with Crippen LogP contribution in [-0.4, -0.2) is 60.0 Å². The van der Waals surface area contributed by atoms with Gasteiger partial charge in [0.2, 0.25) is 0 Å². The van der Waals surface area contributed by atoms with Crippen LogP contribution in [-0.2, 0) is 14.3 Å². The number of carbonyl (C=O) groups is 1. The van der Waals surface area contributed by atoms with Crippen LogP contribution < -0.4 is 0 Å². The van der Waals surface area contributed by atoms with Gasteiger partial charge < -0.3 is 19.5 Å². The Morgan fingerprint density at radius 1 is 1.18 bits per heavy atom. The highest BCUT2D eigenvalue weighted by atomic mass is 16.6. The molecule has 5 nitrogen and oxygen atoms in total. The van der Waals surface area contributed by atoms with Gasteiger partial charge in [-0.2, -0.15) is 0 Å². The fourth-order valence-corrected chi connectivity index (χ4v) is 3.30. The van der Waals surface area contributed by atoms with E-state index < -0.39 is 6.10 Å². The number of nitrogens with zero attached hydrogens (tertiary/aromatic N) is 1. The van der Waals surface area contributed by atoms with Crippen molar-refractivity contribution in [1.29, 1.82) is 0 Å². The fraction of sp³-hybridized carbons (Fsp3) is 0.917. The van der Waals surface area contributed by atoms with E-state index in [-0.39, 0.29) is 24.1 Å². The molecule has 0 saturated carbocycles. The molecule has 0 aliphatic carbocycles. The predicted octanol–water partition coefficient (Wildman–Crippen LogP) is -0.0839. The van der Waals surface area contributed by atoms with Gasteiger partial charge in [-0.25, -0.2) is 0 Å². The van der Waals surface area contributed by atoms with Crippen LogP contribution in [0.15, 0.2) is 0 Å². The maximum atomic E-state index is 12.4. The number of hydrogen-bond acceptors (Lipinski definition) is 4. The number of hydrogen-bond donors (Lipinski definition) is 1. The number of carbonyl (C=O) groups excluding carboxylic acids is 1. The Kier molecular flexibility index (Phi) is 3.06. The van der Waals surface area contributed by atoms with Gasteiger partial charge in [-0.05, 0) is 25.7 Å². The van der Waals surface area contributed by atoms with Crippen LogP contribution in [0.3, 0.4) is 0 Å². The van der Waals surface area contributed by atoms with Crippen molar-refractivity contribution in [3.63, 3.8) is 0 Å². The van der Waals surface area contributed by atoms with E-state index in [0.717, 1.165) is 25.7 Å². The average molecular weight is 241 g/mol. The molecule has 0 aromatic rings. The Hall–Kier alpha value is -0.650. The second-order valence-corrected chi connectivity index (χ2v) is 5.19. The maximum absolute atomic E-state index is 12.4. The summed E-state index contributed by atoms with van der Waals surface area (Å²) in [5, 5.41) is 9.71. The normalized spacial score (nSPS) is 41.6. The van der Waals surface area contributed by atoms with E-state index in [9.17, 15) is 9.90 Å². The van der Waals surface area contributed by atoms with Crippen molar-refractivity contribution in [2.75, 3.05) is 19.8 Å². The summed E-state index contributed by atoms with van der Waals surface area (Å²) in [6.45, 7) is 1.45. The summed E-state index contributed by atoms with van der Waals surface area (Å²) in [7, 11) is 0. The predicted molar refractivity (Wildman–Crippen MR) is 59.5 cm³/mol. The lowest BCUT2D eigenvalue weighted by molar-refractivity contribution is -0.163. The SMILES string of the molecule is O=C(C1COCCO1)N1C2CCC1CC(O)C2. The molecule has 3 atom stereocenters. The van der Waals surface area contributed by atoms with Crippen molar-refractivity contribution < 1.29 is 19.4 Å². The standard InChI is InChI=1S/C12H19NO4/c14-10-5-8-1-2-9(6-10)13(8)12(15)11-7-16-3-4-17-11/h8-11,14H,1-7H2. The summed E-state index contributed by atoms with van der Waals surface area (Å²) in [5.74, 6) is 0.0594. The van der Waals surface area contributed by atoms with E-state index in [0.29, 0.717) is 19.8 Å². The third-order valence-corrected chi connectivity index (χ3v) is 4.05. The Balaban J connectivity index is 1.69. The topological polar surface area (TPSA) is 59.0 Å². The van der Waals surface area contributed by atoms with Crippen LogP contribution in [0.5, 0.6) is 0 Å². The molecule has 3 aliphatic heterocycles. The minimum atomic E-state index is -0.429. The van der Waals surface area contributed by atoms with Crippen LogP contribution in [0.1, 0.15) is 25.7 Å². The highest BCUT2D eigenvalue weighted by Crippen LogP contribution is 2.36. The highest BCUT2D eigenvalue weighted by molar-refractivity contribution is 5.82. The van der Waals surface area contributed by atoms with Gasteiger partial charge in [0.05, 0.1) is 25.9 Å². The number of piperidine rings is 1. The highest BCUT2D eigenvalue weighted by Gasteiger charge is 2.45. The zero-order chi connectivity index (χ0) is 11.8. The molecule has 3 saturated heterocycles. The summed E-state index contributed by atoms with van der Waals surface area (Å²) in [6, 6.07) is 0.420. The average Bonchev–Trinajstić information content (AvgIpc) is 2.62. The smallest absolute Gasteiger partial charge is 0.254 e. The fourth-order valence-electron chi connectivity index (χ4n) is 3.30. The molecule has 3 aliphatic rings. The van der Waals surface area contributed by atoms with Gasteiger partial charge in [0.1, 0.15) is 0 Å². The molecule has 0 aromatic heterocycles. The minimum Gasteiger partial charge on any atom is -0.393 e. The van der Waals surface area contributed by atoms with Gasteiger partial charge in [0.15, 0.2) is 6.10 Å². The Bertz CT molecular complexity index is 289. The van der Waals surface area contributed by atoms with E-state index in [4.69, 9.17) is 9.47 Å². The number of aliphatic hydroxyl groups is 1. The molecule has 5 heteroatoms. The Morgan fingerprint density at radius 3 is 2.47 bits per heavy atom. The van der Waals surface area contributed by atoms with Crippen molar-refractivity contribution in [1.82, 2.24) is 4.90 Å². The molecular weight excluding hydrogens is 222 g/mol. The Labute approximate surface area is 101 Å².